The van der Waals surface area contributed by atoms with Gasteiger partial charge in [0.2, 0.25) is 5.91 Å². The van der Waals surface area contributed by atoms with Crippen LogP contribution in [0.1, 0.15) is 48.0 Å². The molecule has 2 amide bonds. The predicted octanol–water partition coefficient (Wildman–Crippen LogP) is 3.72. The molecule has 0 radical (unpaired) electrons. The minimum atomic E-state index is -0.209. The molecule has 0 spiro atoms. The molecule has 0 aliphatic heterocycles. The first kappa shape index (κ1) is 18.0. The zero-order chi connectivity index (χ0) is 18.4. The molecule has 0 unspecified atom stereocenters. The summed E-state index contributed by atoms with van der Waals surface area (Å²) in [6.07, 6.45) is 5.44. The van der Waals surface area contributed by atoms with Crippen molar-refractivity contribution in [1.29, 1.82) is 0 Å². The normalized spacial score (nSPS) is 14.6. The number of amides is 2. The highest BCUT2D eigenvalue weighted by atomic mass is 16.2. The number of carbonyl (C=O) groups excluding carboxylic acids is 2. The number of nitrogens with one attached hydrogen (secondary N) is 2. The molecule has 2 aromatic carbocycles. The van der Waals surface area contributed by atoms with Crippen LogP contribution in [0.2, 0.25) is 0 Å². The second-order valence-electron chi connectivity index (χ2n) is 6.79. The molecule has 1 fully saturated rings. The minimum Gasteiger partial charge on any atom is -0.398 e. The third-order valence-corrected chi connectivity index (χ3v) is 4.83. The molecule has 0 heterocycles. The van der Waals surface area contributed by atoms with E-state index in [9.17, 15) is 9.59 Å². The van der Waals surface area contributed by atoms with Crippen LogP contribution in [-0.2, 0) is 11.3 Å². The molecular formula is C21H25N3O2. The number of hydrogen-bond donors (Lipinski definition) is 3. The summed E-state index contributed by atoms with van der Waals surface area (Å²) in [5, 5.41) is 5.88. The maximum Gasteiger partial charge on any atom is 0.253 e. The van der Waals surface area contributed by atoms with Gasteiger partial charge in [-0.25, -0.2) is 0 Å². The number of nitrogen functional groups attached to an aromatic ring is 1. The van der Waals surface area contributed by atoms with Crippen LogP contribution in [-0.4, -0.2) is 11.8 Å². The molecule has 0 atom stereocenters. The van der Waals surface area contributed by atoms with Crippen molar-refractivity contribution in [3.63, 3.8) is 0 Å². The number of hydrogen-bond acceptors (Lipinski definition) is 3. The highest BCUT2D eigenvalue weighted by Gasteiger charge is 2.21. The first-order valence-electron chi connectivity index (χ1n) is 9.16. The van der Waals surface area contributed by atoms with Gasteiger partial charge in [-0.1, -0.05) is 43.5 Å². The van der Waals surface area contributed by atoms with Crippen LogP contribution in [0.5, 0.6) is 0 Å². The van der Waals surface area contributed by atoms with E-state index in [0.717, 1.165) is 36.9 Å². The Bertz CT molecular complexity index is 782. The second-order valence-corrected chi connectivity index (χ2v) is 6.79. The van der Waals surface area contributed by atoms with E-state index in [0.29, 0.717) is 17.8 Å². The van der Waals surface area contributed by atoms with Gasteiger partial charge in [-0.2, -0.15) is 0 Å². The van der Waals surface area contributed by atoms with Crippen LogP contribution >= 0.6 is 0 Å². The van der Waals surface area contributed by atoms with E-state index in [1.54, 1.807) is 24.3 Å². The summed E-state index contributed by atoms with van der Waals surface area (Å²) < 4.78 is 0. The molecule has 3 rings (SSSR count). The summed E-state index contributed by atoms with van der Waals surface area (Å²) in [5.41, 5.74) is 8.45. The number of anilines is 2. The van der Waals surface area contributed by atoms with Gasteiger partial charge in [-0.05, 0) is 42.7 Å². The number of para-hydroxylation sites is 1. The van der Waals surface area contributed by atoms with E-state index >= 15 is 0 Å². The van der Waals surface area contributed by atoms with Crippen molar-refractivity contribution in [2.75, 3.05) is 11.1 Å². The SMILES string of the molecule is Nc1ccccc1C(=O)NCc1cccc(NC(=O)C2CCCCC2)c1. The molecule has 26 heavy (non-hydrogen) atoms. The van der Waals surface area contributed by atoms with Gasteiger partial charge in [0.15, 0.2) is 0 Å². The molecule has 5 heteroatoms. The van der Waals surface area contributed by atoms with Crippen molar-refractivity contribution < 1.29 is 9.59 Å². The summed E-state index contributed by atoms with van der Waals surface area (Å²) in [6.45, 7) is 0.375. The van der Waals surface area contributed by atoms with Gasteiger partial charge in [0, 0.05) is 23.8 Å². The minimum absolute atomic E-state index is 0.0999. The Morgan fingerprint density at radius 1 is 1.00 bits per heavy atom. The van der Waals surface area contributed by atoms with Crippen molar-refractivity contribution in [2.24, 2.45) is 5.92 Å². The molecule has 1 saturated carbocycles. The maximum absolute atomic E-state index is 12.4. The van der Waals surface area contributed by atoms with E-state index in [1.807, 2.05) is 24.3 Å². The Labute approximate surface area is 154 Å². The second kappa shape index (κ2) is 8.52. The van der Waals surface area contributed by atoms with Gasteiger partial charge in [0.1, 0.15) is 0 Å². The van der Waals surface area contributed by atoms with Crippen LogP contribution < -0.4 is 16.4 Å². The molecule has 5 nitrogen and oxygen atoms in total. The van der Waals surface area contributed by atoms with Crippen molar-refractivity contribution in [1.82, 2.24) is 5.32 Å². The Kier molecular flexibility index (Phi) is 5.89. The average molecular weight is 351 g/mol. The Hall–Kier alpha value is -2.82. The third kappa shape index (κ3) is 4.63. The fourth-order valence-corrected chi connectivity index (χ4v) is 3.35. The third-order valence-electron chi connectivity index (χ3n) is 4.83. The topological polar surface area (TPSA) is 84.2 Å². The average Bonchev–Trinajstić information content (AvgIpc) is 2.67. The van der Waals surface area contributed by atoms with Crippen LogP contribution in [0.15, 0.2) is 48.5 Å². The zero-order valence-electron chi connectivity index (χ0n) is 14.8. The van der Waals surface area contributed by atoms with Crippen molar-refractivity contribution in [2.45, 2.75) is 38.6 Å². The predicted molar refractivity (Wildman–Crippen MR) is 104 cm³/mol. The lowest BCUT2D eigenvalue weighted by molar-refractivity contribution is -0.120. The van der Waals surface area contributed by atoms with E-state index in [1.165, 1.54) is 6.42 Å². The lowest BCUT2D eigenvalue weighted by Gasteiger charge is -2.20. The monoisotopic (exact) mass is 351 g/mol. The van der Waals surface area contributed by atoms with Gasteiger partial charge in [-0.15, -0.1) is 0 Å². The van der Waals surface area contributed by atoms with Gasteiger partial charge in [0.25, 0.3) is 5.91 Å². The number of rotatable bonds is 5. The number of carbonyl (C=O) groups is 2. The molecule has 1 aliphatic carbocycles. The van der Waals surface area contributed by atoms with Crippen LogP contribution in [0.25, 0.3) is 0 Å². The molecular weight excluding hydrogens is 326 g/mol. The smallest absolute Gasteiger partial charge is 0.253 e. The summed E-state index contributed by atoms with van der Waals surface area (Å²) in [4.78, 5) is 24.6. The van der Waals surface area contributed by atoms with Gasteiger partial charge in [-0.3, -0.25) is 9.59 Å². The first-order valence-corrected chi connectivity index (χ1v) is 9.16. The quantitative estimate of drug-likeness (QED) is 0.718. The van der Waals surface area contributed by atoms with E-state index in [-0.39, 0.29) is 17.7 Å². The summed E-state index contributed by atoms with van der Waals surface area (Å²) in [5.74, 6) is 0.0100. The van der Waals surface area contributed by atoms with E-state index in [4.69, 9.17) is 5.73 Å². The fourth-order valence-electron chi connectivity index (χ4n) is 3.35. The van der Waals surface area contributed by atoms with E-state index < -0.39 is 0 Å². The van der Waals surface area contributed by atoms with Crippen LogP contribution in [0.4, 0.5) is 11.4 Å². The lowest BCUT2D eigenvalue weighted by Crippen LogP contribution is -2.25. The Balaban J connectivity index is 1.58. The highest BCUT2D eigenvalue weighted by molar-refractivity contribution is 5.99. The number of nitrogens with two attached hydrogens (primary N) is 1. The molecule has 1 aliphatic rings. The van der Waals surface area contributed by atoms with Gasteiger partial charge in [0.05, 0.1) is 5.56 Å². The molecule has 0 bridgehead atoms. The van der Waals surface area contributed by atoms with Gasteiger partial charge >= 0.3 is 0 Å². The van der Waals surface area contributed by atoms with Gasteiger partial charge < -0.3 is 16.4 Å². The lowest BCUT2D eigenvalue weighted by atomic mass is 9.88. The number of benzene rings is 2. The van der Waals surface area contributed by atoms with Crippen molar-refractivity contribution in [3.05, 3.63) is 59.7 Å². The zero-order valence-corrected chi connectivity index (χ0v) is 14.8. The summed E-state index contributed by atoms with van der Waals surface area (Å²) >= 11 is 0. The largest absolute Gasteiger partial charge is 0.398 e. The first-order chi connectivity index (χ1) is 12.6. The highest BCUT2D eigenvalue weighted by Crippen LogP contribution is 2.25. The maximum atomic E-state index is 12.4. The Morgan fingerprint density at radius 3 is 2.54 bits per heavy atom. The summed E-state index contributed by atoms with van der Waals surface area (Å²) in [7, 11) is 0. The summed E-state index contributed by atoms with van der Waals surface area (Å²) in [6, 6.07) is 14.6. The molecule has 136 valence electrons. The molecule has 0 saturated heterocycles. The molecule has 4 N–H and O–H groups in total. The van der Waals surface area contributed by atoms with E-state index in [2.05, 4.69) is 10.6 Å². The van der Waals surface area contributed by atoms with Crippen LogP contribution in [0.3, 0.4) is 0 Å². The van der Waals surface area contributed by atoms with Crippen molar-refractivity contribution >= 4 is 23.2 Å². The molecule has 0 aromatic heterocycles. The fraction of sp³-hybridized carbons (Fsp3) is 0.333. The molecule has 2 aromatic rings. The standard InChI is InChI=1S/C21H25N3O2/c22-19-12-5-4-11-18(19)21(26)23-14-15-7-6-10-17(13-15)24-20(25)16-8-2-1-3-9-16/h4-7,10-13,16H,1-3,8-9,14,22H2,(H,23,26)(H,24,25). The Morgan fingerprint density at radius 2 is 1.77 bits per heavy atom. The van der Waals surface area contributed by atoms with Crippen LogP contribution in [0, 0.1) is 5.92 Å². The van der Waals surface area contributed by atoms with Crippen molar-refractivity contribution in [3.8, 4) is 0 Å².